The van der Waals surface area contributed by atoms with Crippen molar-refractivity contribution in [1.82, 2.24) is 10.1 Å². The van der Waals surface area contributed by atoms with Crippen LogP contribution in [-0.4, -0.2) is 10.1 Å². The predicted octanol–water partition coefficient (Wildman–Crippen LogP) is 3.70. The van der Waals surface area contributed by atoms with Gasteiger partial charge in [-0.25, -0.2) is 0 Å². The molecule has 2 rings (SSSR count). The lowest BCUT2D eigenvalue weighted by molar-refractivity contribution is 0.421. The van der Waals surface area contributed by atoms with E-state index in [9.17, 15) is 0 Å². The Morgan fingerprint density at radius 1 is 1.14 bits per heavy atom. The Bertz CT molecular complexity index is 469. The molecule has 0 N–H and O–H groups in total. The van der Waals surface area contributed by atoms with Crippen molar-refractivity contribution >= 4 is 34.8 Å². The van der Waals surface area contributed by atoms with Gasteiger partial charge in [-0.2, -0.15) is 4.98 Å². The second-order valence-electron chi connectivity index (χ2n) is 2.50. The van der Waals surface area contributed by atoms with E-state index in [1.165, 1.54) is 0 Å². The van der Waals surface area contributed by atoms with Crippen molar-refractivity contribution < 1.29 is 4.52 Å². The van der Waals surface area contributed by atoms with E-state index in [4.69, 9.17) is 34.8 Å². The van der Waals surface area contributed by atoms with E-state index in [0.717, 1.165) is 0 Å². The normalized spacial score (nSPS) is 10.5. The molecule has 0 saturated heterocycles. The molecule has 0 aliphatic heterocycles. The average Bonchev–Trinajstić information content (AvgIpc) is 2.51. The van der Waals surface area contributed by atoms with Gasteiger partial charge in [0.25, 0.3) is 0 Å². The summed E-state index contributed by atoms with van der Waals surface area (Å²) in [7, 11) is 0. The minimum atomic E-state index is -0.0222. The molecule has 0 fully saturated rings. The Morgan fingerprint density at radius 3 is 2.50 bits per heavy atom. The first-order chi connectivity index (χ1) is 6.66. The Morgan fingerprint density at radius 2 is 1.93 bits per heavy atom. The molecule has 1 heterocycles. The second kappa shape index (κ2) is 3.77. The summed E-state index contributed by atoms with van der Waals surface area (Å²) in [5.41, 5.74) is 0.631. The molecule has 14 heavy (non-hydrogen) atoms. The summed E-state index contributed by atoms with van der Waals surface area (Å²) in [6.45, 7) is 0. The average molecular weight is 249 g/mol. The van der Waals surface area contributed by atoms with Crippen LogP contribution in [0.3, 0.4) is 0 Å². The molecule has 0 aliphatic rings. The smallest absolute Gasteiger partial charge is 0.320 e. The Labute approximate surface area is 94.6 Å². The largest absolute Gasteiger partial charge is 0.321 e. The van der Waals surface area contributed by atoms with Gasteiger partial charge in [0.05, 0.1) is 5.02 Å². The molecule has 0 spiro atoms. The van der Waals surface area contributed by atoms with Gasteiger partial charge in [0.2, 0.25) is 5.82 Å². The number of hydrogen-bond donors (Lipinski definition) is 0. The molecule has 0 unspecified atom stereocenters. The van der Waals surface area contributed by atoms with E-state index >= 15 is 0 Å². The molecule has 0 radical (unpaired) electrons. The maximum absolute atomic E-state index is 5.92. The molecule has 0 amide bonds. The predicted molar refractivity (Wildman–Crippen MR) is 54.8 cm³/mol. The SMILES string of the molecule is Clc1ccc(-c2noc(Cl)n2)c(Cl)c1. The molecule has 0 aliphatic carbocycles. The van der Waals surface area contributed by atoms with Crippen LogP contribution < -0.4 is 0 Å². The van der Waals surface area contributed by atoms with Crippen LogP contribution in [0.25, 0.3) is 11.4 Å². The molecule has 0 bridgehead atoms. The minimum absolute atomic E-state index is 0.0222. The van der Waals surface area contributed by atoms with E-state index < -0.39 is 0 Å². The fourth-order valence-electron chi connectivity index (χ4n) is 0.985. The van der Waals surface area contributed by atoms with Crippen LogP contribution in [0.4, 0.5) is 0 Å². The molecule has 72 valence electrons. The lowest BCUT2D eigenvalue weighted by atomic mass is 10.2. The molecule has 1 aromatic carbocycles. The highest BCUT2D eigenvalue weighted by Gasteiger charge is 2.10. The minimum Gasteiger partial charge on any atom is -0.321 e. The van der Waals surface area contributed by atoms with Crippen molar-refractivity contribution in [2.75, 3.05) is 0 Å². The van der Waals surface area contributed by atoms with Crippen LogP contribution in [0.5, 0.6) is 0 Å². The summed E-state index contributed by atoms with van der Waals surface area (Å²) >= 11 is 17.1. The van der Waals surface area contributed by atoms with Crippen LogP contribution in [0.1, 0.15) is 0 Å². The van der Waals surface area contributed by atoms with Gasteiger partial charge in [0.15, 0.2) is 0 Å². The topological polar surface area (TPSA) is 38.9 Å². The van der Waals surface area contributed by atoms with E-state index in [1.54, 1.807) is 18.2 Å². The summed E-state index contributed by atoms with van der Waals surface area (Å²) in [5, 5.41) is 4.61. The number of benzene rings is 1. The highest BCUT2D eigenvalue weighted by Crippen LogP contribution is 2.28. The first-order valence-corrected chi connectivity index (χ1v) is 4.75. The summed E-state index contributed by atoms with van der Waals surface area (Å²) < 4.78 is 4.62. The fraction of sp³-hybridized carbons (Fsp3) is 0. The van der Waals surface area contributed by atoms with Crippen LogP contribution >= 0.6 is 34.8 Å². The molecular weight excluding hydrogens is 246 g/mol. The monoisotopic (exact) mass is 248 g/mol. The number of halogens is 3. The highest BCUT2D eigenvalue weighted by atomic mass is 35.5. The Kier molecular flexibility index (Phi) is 2.63. The zero-order valence-electron chi connectivity index (χ0n) is 6.67. The maximum Gasteiger partial charge on any atom is 0.320 e. The third kappa shape index (κ3) is 1.85. The molecule has 3 nitrogen and oxygen atoms in total. The number of hydrogen-bond acceptors (Lipinski definition) is 3. The summed E-state index contributed by atoms with van der Waals surface area (Å²) in [5.74, 6) is 0.344. The van der Waals surface area contributed by atoms with Gasteiger partial charge in [-0.15, -0.1) is 0 Å². The number of rotatable bonds is 1. The van der Waals surface area contributed by atoms with Crippen molar-refractivity contribution in [3.8, 4) is 11.4 Å². The Hall–Kier alpha value is -0.770. The van der Waals surface area contributed by atoms with E-state index in [0.29, 0.717) is 21.4 Å². The quantitative estimate of drug-likeness (QED) is 0.773. The standard InChI is InChI=1S/C8H3Cl3N2O/c9-4-1-2-5(6(10)3-4)7-12-8(11)14-13-7/h1-3H. The summed E-state index contributed by atoms with van der Waals surface area (Å²) in [6, 6.07) is 4.99. The molecule has 6 heteroatoms. The lowest BCUT2D eigenvalue weighted by Gasteiger charge is -1.97. The Balaban J connectivity index is 2.52. The van der Waals surface area contributed by atoms with Crippen LogP contribution in [-0.2, 0) is 0 Å². The van der Waals surface area contributed by atoms with Crippen LogP contribution in [0, 0.1) is 0 Å². The summed E-state index contributed by atoms with van der Waals surface area (Å²) in [6.07, 6.45) is 0. The summed E-state index contributed by atoms with van der Waals surface area (Å²) in [4.78, 5) is 3.83. The second-order valence-corrected chi connectivity index (χ2v) is 3.66. The van der Waals surface area contributed by atoms with Gasteiger partial charge in [0, 0.05) is 10.6 Å². The first-order valence-electron chi connectivity index (χ1n) is 3.61. The van der Waals surface area contributed by atoms with Crippen molar-refractivity contribution in [2.24, 2.45) is 0 Å². The van der Waals surface area contributed by atoms with Gasteiger partial charge in [-0.1, -0.05) is 28.4 Å². The van der Waals surface area contributed by atoms with Crippen molar-refractivity contribution in [3.63, 3.8) is 0 Å². The van der Waals surface area contributed by atoms with Crippen LogP contribution in [0.15, 0.2) is 22.7 Å². The highest BCUT2D eigenvalue weighted by molar-refractivity contribution is 6.36. The zero-order valence-corrected chi connectivity index (χ0v) is 8.94. The van der Waals surface area contributed by atoms with E-state index in [1.807, 2.05) is 0 Å². The zero-order chi connectivity index (χ0) is 10.1. The maximum atomic E-state index is 5.92. The first kappa shape index (κ1) is 9.77. The van der Waals surface area contributed by atoms with E-state index in [2.05, 4.69) is 14.7 Å². The molecule has 1 aromatic heterocycles. The molecule has 0 saturated carbocycles. The van der Waals surface area contributed by atoms with Gasteiger partial charge in [0.1, 0.15) is 0 Å². The van der Waals surface area contributed by atoms with Crippen molar-refractivity contribution in [2.45, 2.75) is 0 Å². The fourth-order valence-corrected chi connectivity index (χ4v) is 1.59. The lowest BCUT2D eigenvalue weighted by Crippen LogP contribution is -1.81. The molecule has 2 aromatic rings. The van der Waals surface area contributed by atoms with Gasteiger partial charge in [-0.05, 0) is 29.8 Å². The number of nitrogens with zero attached hydrogens (tertiary/aromatic N) is 2. The van der Waals surface area contributed by atoms with Gasteiger partial charge < -0.3 is 4.52 Å². The van der Waals surface area contributed by atoms with Crippen molar-refractivity contribution in [3.05, 3.63) is 33.6 Å². The van der Waals surface area contributed by atoms with Gasteiger partial charge in [-0.3, -0.25) is 0 Å². The van der Waals surface area contributed by atoms with Crippen LogP contribution in [0.2, 0.25) is 15.4 Å². The van der Waals surface area contributed by atoms with Gasteiger partial charge >= 0.3 is 5.35 Å². The third-order valence-corrected chi connectivity index (χ3v) is 2.27. The molecule has 0 atom stereocenters. The number of aromatic nitrogens is 2. The third-order valence-electron chi connectivity index (χ3n) is 1.57. The van der Waals surface area contributed by atoms with Crippen molar-refractivity contribution in [1.29, 1.82) is 0 Å². The molecular formula is C8H3Cl3N2O. The van der Waals surface area contributed by atoms with E-state index in [-0.39, 0.29) is 5.35 Å².